The smallest absolute Gasteiger partial charge is 0.185 e. The summed E-state index contributed by atoms with van der Waals surface area (Å²) in [6.07, 6.45) is 1.25. The minimum Gasteiger partial charge on any atom is -0.358 e. The number of hydrogen-bond acceptors (Lipinski definition) is 5. The van der Waals surface area contributed by atoms with Crippen LogP contribution in [-0.2, 0) is 7.05 Å². The quantitative estimate of drug-likeness (QED) is 0.892. The van der Waals surface area contributed by atoms with E-state index in [4.69, 9.17) is 0 Å². The number of hydrogen-bond donors (Lipinski definition) is 1. The van der Waals surface area contributed by atoms with Crippen LogP contribution in [0.15, 0.2) is 0 Å². The second kappa shape index (κ2) is 3.92. The SMILES string of the molecule is Cc1nn(C)c2nc(N[C@H]3CCSC3)sc12. The molecule has 6 heteroatoms. The van der Waals surface area contributed by atoms with E-state index in [2.05, 4.69) is 15.4 Å². The summed E-state index contributed by atoms with van der Waals surface area (Å²) in [4.78, 5) is 4.60. The van der Waals surface area contributed by atoms with Gasteiger partial charge in [-0.05, 0) is 19.1 Å². The van der Waals surface area contributed by atoms with Crippen molar-refractivity contribution in [2.75, 3.05) is 16.8 Å². The normalized spacial score (nSPS) is 20.8. The molecule has 0 spiro atoms. The molecule has 0 aliphatic carbocycles. The first kappa shape index (κ1) is 10.4. The molecule has 3 heterocycles. The summed E-state index contributed by atoms with van der Waals surface area (Å²) in [7, 11) is 1.95. The molecule has 1 aliphatic rings. The van der Waals surface area contributed by atoms with E-state index in [0.717, 1.165) is 16.5 Å². The van der Waals surface area contributed by atoms with Gasteiger partial charge in [-0.2, -0.15) is 16.9 Å². The molecular formula is C10H14N4S2. The lowest BCUT2D eigenvalue weighted by molar-refractivity contribution is 0.771. The van der Waals surface area contributed by atoms with Crippen molar-refractivity contribution in [3.8, 4) is 0 Å². The number of thioether (sulfide) groups is 1. The third kappa shape index (κ3) is 1.69. The largest absolute Gasteiger partial charge is 0.358 e. The van der Waals surface area contributed by atoms with E-state index >= 15 is 0 Å². The summed E-state index contributed by atoms with van der Waals surface area (Å²) in [5, 5.41) is 8.91. The van der Waals surface area contributed by atoms with Gasteiger partial charge in [-0.1, -0.05) is 11.3 Å². The van der Waals surface area contributed by atoms with E-state index < -0.39 is 0 Å². The Kier molecular flexibility index (Phi) is 2.55. The number of thiazole rings is 1. The number of rotatable bonds is 2. The highest BCUT2D eigenvalue weighted by molar-refractivity contribution is 7.99. The van der Waals surface area contributed by atoms with E-state index in [-0.39, 0.29) is 0 Å². The summed E-state index contributed by atoms with van der Waals surface area (Å²) in [5.41, 5.74) is 2.07. The molecule has 3 rings (SSSR count). The zero-order valence-corrected chi connectivity index (χ0v) is 11.0. The molecule has 2 aromatic rings. The van der Waals surface area contributed by atoms with Gasteiger partial charge < -0.3 is 5.32 Å². The molecule has 1 fully saturated rings. The highest BCUT2D eigenvalue weighted by Crippen LogP contribution is 2.30. The fourth-order valence-electron chi connectivity index (χ4n) is 1.97. The summed E-state index contributed by atoms with van der Waals surface area (Å²) in [6.45, 7) is 2.04. The number of fused-ring (bicyclic) bond motifs is 1. The van der Waals surface area contributed by atoms with E-state index in [1.54, 1.807) is 11.3 Å². The van der Waals surface area contributed by atoms with Crippen molar-refractivity contribution in [1.29, 1.82) is 0 Å². The lowest BCUT2D eigenvalue weighted by atomic mass is 10.3. The molecule has 0 amide bonds. The molecule has 0 unspecified atom stereocenters. The Morgan fingerprint density at radius 3 is 3.06 bits per heavy atom. The monoisotopic (exact) mass is 254 g/mol. The molecule has 1 N–H and O–H groups in total. The molecule has 0 saturated carbocycles. The Bertz CT molecular complexity index is 476. The number of aromatic nitrogens is 3. The first-order chi connectivity index (χ1) is 7.74. The predicted octanol–water partition coefficient (Wildman–Crippen LogP) is 2.26. The zero-order chi connectivity index (χ0) is 11.1. The first-order valence-electron chi connectivity index (χ1n) is 5.38. The summed E-state index contributed by atoms with van der Waals surface area (Å²) in [6, 6.07) is 0.596. The molecule has 0 aromatic carbocycles. The second-order valence-corrected chi connectivity index (χ2v) is 6.23. The second-order valence-electron chi connectivity index (χ2n) is 4.09. The third-order valence-corrected chi connectivity index (χ3v) is 5.05. The average Bonchev–Trinajstić information content (AvgIpc) is 2.90. The Balaban J connectivity index is 1.90. The number of aryl methyl sites for hydroxylation is 2. The van der Waals surface area contributed by atoms with Crippen LogP contribution in [0.4, 0.5) is 5.13 Å². The topological polar surface area (TPSA) is 42.7 Å². The number of nitrogens with zero attached hydrogens (tertiary/aromatic N) is 3. The van der Waals surface area contributed by atoms with Crippen molar-refractivity contribution >= 4 is 38.6 Å². The minimum absolute atomic E-state index is 0.596. The lowest BCUT2D eigenvalue weighted by Crippen LogP contribution is -2.17. The van der Waals surface area contributed by atoms with Gasteiger partial charge in [0.2, 0.25) is 0 Å². The van der Waals surface area contributed by atoms with Crippen molar-refractivity contribution in [1.82, 2.24) is 14.8 Å². The fraction of sp³-hybridized carbons (Fsp3) is 0.600. The van der Waals surface area contributed by atoms with Crippen LogP contribution >= 0.6 is 23.1 Å². The molecule has 2 aromatic heterocycles. The van der Waals surface area contributed by atoms with Crippen LogP contribution < -0.4 is 5.32 Å². The Morgan fingerprint density at radius 1 is 1.50 bits per heavy atom. The highest BCUT2D eigenvalue weighted by Gasteiger charge is 2.18. The van der Waals surface area contributed by atoms with Gasteiger partial charge in [0.15, 0.2) is 10.8 Å². The van der Waals surface area contributed by atoms with Crippen molar-refractivity contribution < 1.29 is 0 Å². The lowest BCUT2D eigenvalue weighted by Gasteiger charge is -2.08. The summed E-state index contributed by atoms with van der Waals surface area (Å²) >= 11 is 3.73. The maximum absolute atomic E-state index is 4.60. The maximum atomic E-state index is 4.60. The van der Waals surface area contributed by atoms with Crippen molar-refractivity contribution in [2.45, 2.75) is 19.4 Å². The Labute approximate surface area is 102 Å². The van der Waals surface area contributed by atoms with Gasteiger partial charge in [0.05, 0.1) is 10.4 Å². The third-order valence-electron chi connectivity index (χ3n) is 2.80. The molecule has 1 aliphatic heterocycles. The first-order valence-corrected chi connectivity index (χ1v) is 7.35. The van der Waals surface area contributed by atoms with Crippen molar-refractivity contribution in [2.24, 2.45) is 7.05 Å². The summed E-state index contributed by atoms with van der Waals surface area (Å²) < 4.78 is 3.06. The van der Waals surface area contributed by atoms with E-state index in [0.29, 0.717) is 6.04 Å². The van der Waals surface area contributed by atoms with E-state index in [1.165, 1.54) is 22.6 Å². The molecule has 0 bridgehead atoms. The molecule has 1 atom stereocenters. The molecule has 16 heavy (non-hydrogen) atoms. The summed E-state index contributed by atoms with van der Waals surface area (Å²) in [5.74, 6) is 2.47. The highest BCUT2D eigenvalue weighted by atomic mass is 32.2. The van der Waals surface area contributed by atoms with Crippen LogP contribution in [0.1, 0.15) is 12.1 Å². The van der Waals surface area contributed by atoms with Gasteiger partial charge >= 0.3 is 0 Å². The predicted molar refractivity (Wildman–Crippen MR) is 70.5 cm³/mol. The Hall–Kier alpha value is -0.750. The van der Waals surface area contributed by atoms with Gasteiger partial charge in [-0.15, -0.1) is 0 Å². The van der Waals surface area contributed by atoms with Crippen LogP contribution in [0.25, 0.3) is 10.3 Å². The fourth-order valence-corrected chi connectivity index (χ4v) is 4.13. The number of nitrogens with one attached hydrogen (secondary N) is 1. The zero-order valence-electron chi connectivity index (χ0n) is 9.36. The van der Waals surface area contributed by atoms with Crippen LogP contribution in [0.5, 0.6) is 0 Å². The molecule has 86 valence electrons. The van der Waals surface area contributed by atoms with E-state index in [1.807, 2.05) is 30.4 Å². The maximum Gasteiger partial charge on any atom is 0.185 e. The molecular weight excluding hydrogens is 240 g/mol. The van der Waals surface area contributed by atoms with E-state index in [9.17, 15) is 0 Å². The molecule has 0 radical (unpaired) electrons. The van der Waals surface area contributed by atoms with Gasteiger partial charge in [0.25, 0.3) is 0 Å². The average molecular weight is 254 g/mol. The Morgan fingerprint density at radius 2 is 2.38 bits per heavy atom. The van der Waals surface area contributed by atoms with Crippen LogP contribution in [-0.4, -0.2) is 32.3 Å². The van der Waals surface area contributed by atoms with Crippen LogP contribution in [0.3, 0.4) is 0 Å². The van der Waals surface area contributed by atoms with Gasteiger partial charge in [0.1, 0.15) is 0 Å². The standard InChI is InChI=1S/C10H14N4S2/c1-6-8-9(14(2)13-6)12-10(16-8)11-7-3-4-15-5-7/h7H,3-5H2,1-2H3,(H,11,12)/t7-/m0/s1. The number of anilines is 1. The van der Waals surface area contributed by atoms with Crippen LogP contribution in [0, 0.1) is 6.92 Å². The van der Waals surface area contributed by atoms with Crippen molar-refractivity contribution in [3.05, 3.63) is 5.69 Å². The molecule has 4 nitrogen and oxygen atoms in total. The molecule has 1 saturated heterocycles. The van der Waals surface area contributed by atoms with Gasteiger partial charge in [-0.25, -0.2) is 9.67 Å². The van der Waals surface area contributed by atoms with Crippen molar-refractivity contribution in [3.63, 3.8) is 0 Å². The minimum atomic E-state index is 0.596. The van der Waals surface area contributed by atoms with Gasteiger partial charge in [0, 0.05) is 18.8 Å². The van der Waals surface area contributed by atoms with Crippen LogP contribution in [0.2, 0.25) is 0 Å². The van der Waals surface area contributed by atoms with Gasteiger partial charge in [-0.3, -0.25) is 0 Å².